The average molecular weight is 323 g/mol. The van der Waals surface area contributed by atoms with Gasteiger partial charge < -0.3 is 14.8 Å². The summed E-state index contributed by atoms with van der Waals surface area (Å²) in [6.07, 6.45) is -0.355. The van der Waals surface area contributed by atoms with Crippen LogP contribution < -0.4 is 5.32 Å². The van der Waals surface area contributed by atoms with Crippen LogP contribution in [-0.4, -0.2) is 47.2 Å². The van der Waals surface area contributed by atoms with E-state index in [2.05, 4.69) is 39.8 Å². The van der Waals surface area contributed by atoms with Crippen LogP contribution in [0.3, 0.4) is 0 Å². The summed E-state index contributed by atoms with van der Waals surface area (Å²) in [5.41, 5.74) is 1.22. The molecule has 1 heterocycles. The number of halogens is 1. The van der Waals surface area contributed by atoms with Crippen molar-refractivity contribution >= 4 is 0 Å². The van der Waals surface area contributed by atoms with E-state index in [-0.39, 0.29) is 24.0 Å². The molecule has 0 saturated heterocycles. The summed E-state index contributed by atoms with van der Waals surface area (Å²) in [5, 5.41) is 16.8. The number of aromatic nitrogens is 4. The quantitative estimate of drug-likeness (QED) is 0.720. The van der Waals surface area contributed by atoms with Crippen molar-refractivity contribution in [2.24, 2.45) is 5.92 Å². The largest absolute Gasteiger partial charge is 0.354 e. The molecule has 2 aromatic rings. The van der Waals surface area contributed by atoms with Crippen LogP contribution in [-0.2, 0) is 16.0 Å². The molecule has 8 heteroatoms. The molecule has 0 radical (unpaired) electrons. The van der Waals surface area contributed by atoms with E-state index >= 15 is 0 Å². The number of nitrogens with zero attached hydrogens (tertiary/aromatic N) is 3. The lowest BCUT2D eigenvalue weighted by molar-refractivity contribution is -0.131. The third-order valence-corrected chi connectivity index (χ3v) is 3.63. The molecule has 2 N–H and O–H groups in total. The van der Waals surface area contributed by atoms with Crippen molar-refractivity contribution in [2.45, 2.75) is 32.7 Å². The van der Waals surface area contributed by atoms with Crippen LogP contribution in [0.25, 0.3) is 11.4 Å². The van der Waals surface area contributed by atoms with Crippen LogP contribution in [0, 0.1) is 11.7 Å². The molecule has 1 atom stereocenters. The van der Waals surface area contributed by atoms with Gasteiger partial charge >= 0.3 is 0 Å². The molecule has 7 nitrogen and oxygen atoms in total. The van der Waals surface area contributed by atoms with Gasteiger partial charge in [-0.2, -0.15) is 5.21 Å². The molecule has 0 fully saturated rings. The summed E-state index contributed by atoms with van der Waals surface area (Å²) in [5.74, 6) is 0.149. The lowest BCUT2D eigenvalue weighted by atomic mass is 10.0. The van der Waals surface area contributed by atoms with Gasteiger partial charge in [0.05, 0.1) is 11.6 Å². The van der Waals surface area contributed by atoms with E-state index in [1.54, 1.807) is 26.4 Å². The van der Waals surface area contributed by atoms with E-state index in [4.69, 9.17) is 9.47 Å². The number of ether oxygens (including phenoxy) is 2. The molecule has 23 heavy (non-hydrogen) atoms. The zero-order valence-electron chi connectivity index (χ0n) is 13.7. The van der Waals surface area contributed by atoms with E-state index < -0.39 is 0 Å². The molecule has 0 aliphatic rings. The number of aromatic amines is 1. The number of rotatable bonds is 8. The zero-order valence-corrected chi connectivity index (χ0v) is 13.7. The van der Waals surface area contributed by atoms with Gasteiger partial charge in [0, 0.05) is 20.8 Å². The van der Waals surface area contributed by atoms with Gasteiger partial charge in [0.2, 0.25) is 5.82 Å². The number of tetrazole rings is 1. The summed E-state index contributed by atoms with van der Waals surface area (Å²) in [6.45, 7) is 4.70. The Labute approximate surface area is 134 Å². The predicted octanol–water partition coefficient (Wildman–Crippen LogP) is 1.74. The molecule has 2 rings (SSSR count). The Morgan fingerprint density at radius 1 is 1.26 bits per heavy atom. The summed E-state index contributed by atoms with van der Waals surface area (Å²) >= 11 is 0. The second-order valence-electron chi connectivity index (χ2n) is 5.54. The van der Waals surface area contributed by atoms with Gasteiger partial charge in [0.1, 0.15) is 5.82 Å². The van der Waals surface area contributed by atoms with Gasteiger partial charge in [0.15, 0.2) is 6.29 Å². The van der Waals surface area contributed by atoms with Crippen LogP contribution >= 0.6 is 0 Å². The van der Waals surface area contributed by atoms with Crippen molar-refractivity contribution in [3.05, 3.63) is 29.6 Å². The monoisotopic (exact) mass is 323 g/mol. The minimum absolute atomic E-state index is 0.00341. The second kappa shape index (κ2) is 8.09. The Morgan fingerprint density at radius 2 is 2.00 bits per heavy atom. The molecule has 1 unspecified atom stereocenters. The molecule has 0 aliphatic heterocycles. The Bertz CT molecular complexity index is 602. The van der Waals surface area contributed by atoms with Gasteiger partial charge in [-0.15, -0.1) is 10.2 Å². The Hall–Kier alpha value is -1.90. The number of methoxy groups -OCH3 is 2. The number of nitrogens with one attached hydrogen (secondary N) is 2. The van der Waals surface area contributed by atoms with E-state index in [1.807, 2.05) is 0 Å². The average Bonchev–Trinajstić information content (AvgIpc) is 3.06. The van der Waals surface area contributed by atoms with E-state index in [0.717, 1.165) is 5.56 Å². The zero-order chi connectivity index (χ0) is 16.8. The molecular formula is C15H22FN5O2. The molecule has 0 amide bonds. The van der Waals surface area contributed by atoms with Gasteiger partial charge in [-0.05, 0) is 28.8 Å². The highest BCUT2D eigenvalue weighted by molar-refractivity contribution is 5.56. The molecule has 0 bridgehead atoms. The van der Waals surface area contributed by atoms with E-state index in [1.165, 1.54) is 6.07 Å². The predicted molar refractivity (Wildman–Crippen MR) is 82.8 cm³/mol. The maximum atomic E-state index is 13.9. The number of hydrogen-bond donors (Lipinski definition) is 2. The lowest BCUT2D eigenvalue weighted by Crippen LogP contribution is -2.45. The molecular weight excluding hydrogens is 301 g/mol. The van der Waals surface area contributed by atoms with Gasteiger partial charge in [-0.1, -0.05) is 19.9 Å². The molecule has 0 saturated carbocycles. The maximum absolute atomic E-state index is 13.9. The van der Waals surface area contributed by atoms with Crippen LogP contribution in [0.5, 0.6) is 0 Å². The summed E-state index contributed by atoms with van der Waals surface area (Å²) < 4.78 is 24.6. The Balaban J connectivity index is 2.12. The van der Waals surface area contributed by atoms with Crippen molar-refractivity contribution in [1.29, 1.82) is 0 Å². The number of hydrogen-bond acceptors (Lipinski definition) is 6. The van der Waals surface area contributed by atoms with E-state index in [9.17, 15) is 4.39 Å². The standard InChI is InChI=1S/C15H22FN5O2/c1-9(2)13(15(22-3)23-4)17-8-10-5-6-12(16)11(7-10)14-18-20-21-19-14/h5-7,9,13,15,17H,8H2,1-4H3,(H,18,19,20,21). The number of benzene rings is 1. The van der Waals surface area contributed by atoms with Crippen molar-refractivity contribution in [3.63, 3.8) is 0 Å². The third kappa shape index (κ3) is 4.31. The maximum Gasteiger partial charge on any atom is 0.207 e. The molecule has 0 spiro atoms. The van der Waals surface area contributed by atoms with Crippen LogP contribution in [0.15, 0.2) is 18.2 Å². The first-order valence-corrected chi connectivity index (χ1v) is 7.38. The fraction of sp³-hybridized carbons (Fsp3) is 0.533. The van der Waals surface area contributed by atoms with Crippen molar-refractivity contribution < 1.29 is 13.9 Å². The fourth-order valence-corrected chi connectivity index (χ4v) is 2.40. The lowest BCUT2D eigenvalue weighted by Gasteiger charge is -2.29. The van der Waals surface area contributed by atoms with Crippen LogP contribution in [0.4, 0.5) is 4.39 Å². The summed E-state index contributed by atoms with van der Waals surface area (Å²) in [4.78, 5) is 0. The molecule has 126 valence electrons. The molecule has 1 aromatic heterocycles. The highest BCUT2D eigenvalue weighted by atomic mass is 19.1. The normalized spacial score (nSPS) is 13.0. The van der Waals surface area contributed by atoms with Crippen molar-refractivity contribution in [1.82, 2.24) is 25.9 Å². The summed E-state index contributed by atoms with van der Waals surface area (Å²) in [6, 6.07) is 4.83. The topological polar surface area (TPSA) is 85.0 Å². The van der Waals surface area contributed by atoms with Gasteiger partial charge in [-0.25, -0.2) is 4.39 Å². The smallest absolute Gasteiger partial charge is 0.207 e. The fourth-order valence-electron chi connectivity index (χ4n) is 2.40. The molecule has 0 aliphatic carbocycles. The van der Waals surface area contributed by atoms with Crippen LogP contribution in [0.1, 0.15) is 19.4 Å². The first-order valence-electron chi connectivity index (χ1n) is 7.38. The SMILES string of the molecule is COC(OC)C(NCc1ccc(F)c(-c2nn[nH]n2)c1)C(C)C. The van der Waals surface area contributed by atoms with Crippen molar-refractivity contribution in [3.8, 4) is 11.4 Å². The Kier molecular flexibility index (Phi) is 6.14. The summed E-state index contributed by atoms with van der Waals surface area (Å²) in [7, 11) is 3.22. The van der Waals surface area contributed by atoms with E-state index in [0.29, 0.717) is 18.0 Å². The minimum Gasteiger partial charge on any atom is -0.354 e. The highest BCUT2D eigenvalue weighted by Gasteiger charge is 2.23. The highest BCUT2D eigenvalue weighted by Crippen LogP contribution is 2.20. The molecule has 1 aromatic carbocycles. The van der Waals surface area contributed by atoms with Gasteiger partial charge in [0.25, 0.3) is 0 Å². The second-order valence-corrected chi connectivity index (χ2v) is 5.54. The Morgan fingerprint density at radius 3 is 2.57 bits per heavy atom. The first-order chi connectivity index (χ1) is 11.1. The minimum atomic E-state index is -0.387. The van der Waals surface area contributed by atoms with Crippen molar-refractivity contribution in [2.75, 3.05) is 14.2 Å². The first kappa shape index (κ1) is 17.5. The van der Waals surface area contributed by atoms with Crippen LogP contribution in [0.2, 0.25) is 0 Å². The van der Waals surface area contributed by atoms with Gasteiger partial charge in [-0.3, -0.25) is 0 Å². The third-order valence-electron chi connectivity index (χ3n) is 3.63. The number of H-pyrrole nitrogens is 1.